The van der Waals surface area contributed by atoms with Gasteiger partial charge in [0.2, 0.25) is 0 Å². The summed E-state index contributed by atoms with van der Waals surface area (Å²) in [5.41, 5.74) is 13.2. The Hall–Kier alpha value is -4.24. The predicted octanol–water partition coefficient (Wildman–Crippen LogP) is 5.54. The lowest BCUT2D eigenvalue weighted by molar-refractivity contribution is 0.113. The summed E-state index contributed by atoms with van der Waals surface area (Å²) < 4.78 is 14.2. The first-order valence-electron chi connectivity index (χ1n) is 14.1. The highest BCUT2D eigenvalue weighted by molar-refractivity contribution is 5.93. The normalized spacial score (nSPS) is 17.1. The van der Waals surface area contributed by atoms with E-state index in [0.717, 1.165) is 76.1 Å². The minimum atomic E-state index is -0.00385. The highest BCUT2D eigenvalue weighted by atomic mass is 16.5. The molecule has 0 unspecified atom stereocenters. The van der Waals surface area contributed by atoms with Crippen molar-refractivity contribution in [2.24, 2.45) is 0 Å². The van der Waals surface area contributed by atoms with Gasteiger partial charge in [0, 0.05) is 66.1 Å². The zero-order valence-corrected chi connectivity index (χ0v) is 22.9. The fourth-order valence-electron chi connectivity index (χ4n) is 5.69. The zero-order valence-electron chi connectivity index (χ0n) is 22.9. The molecule has 0 radical (unpaired) electrons. The molecule has 9 heteroatoms. The van der Waals surface area contributed by atoms with E-state index >= 15 is 0 Å². The van der Waals surface area contributed by atoms with Crippen LogP contribution in [-0.4, -0.2) is 44.2 Å². The average Bonchev–Trinajstić information content (AvgIpc) is 3.54. The van der Waals surface area contributed by atoms with Crippen LogP contribution in [0.1, 0.15) is 55.5 Å². The summed E-state index contributed by atoms with van der Waals surface area (Å²) in [5.74, 6) is 1.25. The van der Waals surface area contributed by atoms with E-state index in [-0.39, 0.29) is 6.10 Å². The number of hydrogen-bond donors (Lipinski definition) is 1. The summed E-state index contributed by atoms with van der Waals surface area (Å²) in [7, 11) is 2.19. The van der Waals surface area contributed by atoms with E-state index in [1.807, 2.05) is 29.1 Å². The molecule has 0 spiro atoms. The van der Waals surface area contributed by atoms with Crippen LogP contribution in [0.3, 0.4) is 0 Å². The van der Waals surface area contributed by atoms with E-state index in [4.69, 9.17) is 20.2 Å². The van der Waals surface area contributed by atoms with Crippen LogP contribution in [0.5, 0.6) is 5.75 Å². The summed E-state index contributed by atoms with van der Waals surface area (Å²) in [6.07, 6.45) is 12.6. The standard InChI is InChI=1S/C31H33N7O2/c1-3-20-12-27(37(2)21-6-7-21)24-9-8-23(13-26(24)36-20)40-17-19-11-22(15-33-14-19)38-16-25(28-5-4-10-39-28)29-30(32)34-18-35-31(29)38/h8-9,11-16,18,21,28H,3-7,10,17H2,1-2H3,(H2,32,34,35)/t28-/m0/s1. The molecule has 0 bridgehead atoms. The van der Waals surface area contributed by atoms with E-state index in [9.17, 15) is 0 Å². The van der Waals surface area contributed by atoms with Crippen LogP contribution in [0, 0.1) is 0 Å². The number of aromatic nitrogens is 5. The molecule has 40 heavy (non-hydrogen) atoms. The largest absolute Gasteiger partial charge is 0.489 e. The van der Waals surface area contributed by atoms with Gasteiger partial charge in [0.1, 0.15) is 30.1 Å². The number of nitrogens with zero attached hydrogens (tertiary/aromatic N) is 6. The Morgan fingerprint density at radius 1 is 1.12 bits per heavy atom. The molecule has 5 aromatic rings. The summed E-state index contributed by atoms with van der Waals surface area (Å²) >= 11 is 0. The molecule has 2 fully saturated rings. The monoisotopic (exact) mass is 535 g/mol. The van der Waals surface area contributed by atoms with Crippen LogP contribution in [0.15, 0.2) is 55.2 Å². The molecule has 1 aromatic carbocycles. The Kier molecular flexibility index (Phi) is 6.23. The zero-order chi connectivity index (χ0) is 27.2. The summed E-state index contributed by atoms with van der Waals surface area (Å²) in [4.78, 5) is 20.6. The number of nitrogen functional groups attached to an aromatic ring is 1. The summed E-state index contributed by atoms with van der Waals surface area (Å²) in [5, 5.41) is 2.00. The molecule has 204 valence electrons. The molecular formula is C31H33N7O2. The van der Waals surface area contributed by atoms with Gasteiger partial charge in [-0.15, -0.1) is 0 Å². The number of ether oxygens (including phenoxy) is 2. The summed E-state index contributed by atoms with van der Waals surface area (Å²) in [6.45, 7) is 3.28. The van der Waals surface area contributed by atoms with Gasteiger partial charge in [0.15, 0.2) is 0 Å². The number of benzene rings is 1. The first-order chi connectivity index (χ1) is 19.6. The molecule has 2 aliphatic rings. The van der Waals surface area contributed by atoms with Crippen molar-refractivity contribution in [3.63, 3.8) is 0 Å². The Balaban J connectivity index is 1.17. The third-order valence-electron chi connectivity index (χ3n) is 8.03. The molecule has 2 N–H and O–H groups in total. The second-order valence-electron chi connectivity index (χ2n) is 10.8. The SMILES string of the molecule is CCc1cc(N(C)C2CC2)c2ccc(OCc3cncc(-n4cc([C@@H]5CCCO5)c5c(N)ncnc54)c3)cc2n1. The van der Waals surface area contributed by atoms with Crippen LogP contribution < -0.4 is 15.4 Å². The molecule has 9 nitrogen and oxygen atoms in total. The van der Waals surface area contributed by atoms with Crippen LogP contribution in [0.4, 0.5) is 11.5 Å². The number of aryl methyl sites for hydroxylation is 1. The van der Waals surface area contributed by atoms with Crippen LogP contribution in [0.25, 0.3) is 27.6 Å². The topological polar surface area (TPSA) is 104 Å². The lowest BCUT2D eigenvalue weighted by Crippen LogP contribution is -2.20. The molecule has 1 atom stereocenters. The number of anilines is 2. The lowest BCUT2D eigenvalue weighted by Gasteiger charge is -2.21. The molecule has 1 saturated heterocycles. The molecular weight excluding hydrogens is 502 g/mol. The molecule has 7 rings (SSSR count). The second-order valence-corrected chi connectivity index (χ2v) is 10.8. The first-order valence-corrected chi connectivity index (χ1v) is 14.1. The van der Waals surface area contributed by atoms with Crippen molar-refractivity contribution in [3.05, 3.63) is 72.1 Å². The van der Waals surface area contributed by atoms with Gasteiger partial charge in [0.25, 0.3) is 0 Å². The average molecular weight is 536 g/mol. The third-order valence-corrected chi connectivity index (χ3v) is 8.03. The van der Waals surface area contributed by atoms with Crippen molar-refractivity contribution >= 4 is 33.4 Å². The molecule has 0 amide bonds. The predicted molar refractivity (Wildman–Crippen MR) is 156 cm³/mol. The molecule has 5 heterocycles. The van der Waals surface area contributed by atoms with Gasteiger partial charge in [0.05, 0.1) is 28.9 Å². The molecule has 1 aliphatic heterocycles. The van der Waals surface area contributed by atoms with Gasteiger partial charge in [-0.2, -0.15) is 0 Å². The molecule has 4 aromatic heterocycles. The highest BCUT2D eigenvalue weighted by Crippen LogP contribution is 2.38. The third kappa shape index (κ3) is 4.50. The minimum absolute atomic E-state index is 0.00385. The van der Waals surface area contributed by atoms with Crippen LogP contribution >= 0.6 is 0 Å². The van der Waals surface area contributed by atoms with Gasteiger partial charge in [-0.25, -0.2) is 9.97 Å². The van der Waals surface area contributed by atoms with Crippen LogP contribution in [-0.2, 0) is 17.8 Å². The van der Waals surface area contributed by atoms with Gasteiger partial charge >= 0.3 is 0 Å². The maximum atomic E-state index is 6.30. The van der Waals surface area contributed by atoms with Gasteiger partial charge < -0.3 is 20.1 Å². The Morgan fingerprint density at radius 3 is 2.83 bits per heavy atom. The van der Waals surface area contributed by atoms with Crippen molar-refractivity contribution < 1.29 is 9.47 Å². The van der Waals surface area contributed by atoms with Gasteiger partial charge in [-0.1, -0.05) is 6.92 Å². The molecule has 1 saturated carbocycles. The van der Waals surface area contributed by atoms with E-state index in [1.165, 1.54) is 24.9 Å². The fourth-order valence-corrected chi connectivity index (χ4v) is 5.69. The fraction of sp³-hybridized carbons (Fsp3) is 0.355. The second kappa shape index (κ2) is 10.1. The van der Waals surface area contributed by atoms with Gasteiger partial charge in [-0.3, -0.25) is 14.5 Å². The van der Waals surface area contributed by atoms with E-state index < -0.39 is 0 Å². The maximum absolute atomic E-state index is 6.30. The van der Waals surface area contributed by atoms with Crippen molar-refractivity contribution in [1.82, 2.24) is 24.5 Å². The Bertz CT molecular complexity index is 1710. The number of fused-ring (bicyclic) bond motifs is 2. The maximum Gasteiger partial charge on any atom is 0.150 e. The molecule has 1 aliphatic carbocycles. The number of pyridine rings is 2. The van der Waals surface area contributed by atoms with Crippen molar-refractivity contribution in [3.8, 4) is 11.4 Å². The summed E-state index contributed by atoms with van der Waals surface area (Å²) in [6, 6.07) is 11.1. The van der Waals surface area contributed by atoms with E-state index in [0.29, 0.717) is 18.5 Å². The quantitative estimate of drug-likeness (QED) is 0.276. The van der Waals surface area contributed by atoms with Crippen molar-refractivity contribution in [2.45, 2.75) is 57.8 Å². The number of nitrogens with two attached hydrogens (primary N) is 1. The van der Waals surface area contributed by atoms with Gasteiger partial charge in [-0.05, 0) is 56.4 Å². The minimum Gasteiger partial charge on any atom is -0.489 e. The lowest BCUT2D eigenvalue weighted by atomic mass is 10.1. The first kappa shape index (κ1) is 24.8. The van der Waals surface area contributed by atoms with Crippen LogP contribution in [0.2, 0.25) is 0 Å². The Morgan fingerprint density at radius 2 is 2.02 bits per heavy atom. The van der Waals surface area contributed by atoms with Crippen molar-refractivity contribution in [2.75, 3.05) is 24.3 Å². The highest BCUT2D eigenvalue weighted by Gasteiger charge is 2.28. The van der Waals surface area contributed by atoms with E-state index in [2.05, 4.69) is 58.2 Å². The van der Waals surface area contributed by atoms with E-state index in [1.54, 1.807) is 0 Å². The smallest absolute Gasteiger partial charge is 0.150 e. The number of hydrogen-bond acceptors (Lipinski definition) is 8. The number of rotatable bonds is 8. The Labute approximate surface area is 233 Å². The van der Waals surface area contributed by atoms with Crippen molar-refractivity contribution in [1.29, 1.82) is 0 Å².